The van der Waals surface area contributed by atoms with Gasteiger partial charge in [-0.25, -0.2) is 4.39 Å². The zero-order chi connectivity index (χ0) is 18.5. The first-order valence-electron chi connectivity index (χ1n) is 9.59. The summed E-state index contributed by atoms with van der Waals surface area (Å²) >= 11 is 0. The second kappa shape index (κ2) is 8.40. The number of likely N-dealkylation sites (tertiary alicyclic amines) is 1. The van der Waals surface area contributed by atoms with Crippen LogP contribution in [0.1, 0.15) is 41.4 Å². The average Bonchev–Trinajstić information content (AvgIpc) is 2.71. The molecule has 0 N–H and O–H groups in total. The maximum absolute atomic E-state index is 13.9. The molecule has 0 aliphatic carbocycles. The molecular weight excluding hydrogens is 337 g/mol. The smallest absolute Gasteiger partial charge is 0.126 e. The Kier molecular flexibility index (Phi) is 5.54. The highest BCUT2D eigenvalue weighted by Gasteiger charge is 2.23. The van der Waals surface area contributed by atoms with Crippen molar-refractivity contribution in [2.45, 2.75) is 31.7 Å². The highest BCUT2D eigenvalue weighted by molar-refractivity contribution is 5.25. The average molecular weight is 361 g/mol. The third-order valence-electron chi connectivity index (χ3n) is 5.19. The van der Waals surface area contributed by atoms with E-state index in [4.69, 9.17) is 4.98 Å². The van der Waals surface area contributed by atoms with Gasteiger partial charge in [0.25, 0.3) is 0 Å². The van der Waals surface area contributed by atoms with Crippen LogP contribution in [0.3, 0.4) is 0 Å². The lowest BCUT2D eigenvalue weighted by Gasteiger charge is -2.32. The molecule has 3 nitrogen and oxygen atoms in total. The summed E-state index contributed by atoms with van der Waals surface area (Å²) in [5.41, 5.74) is 3.86. The highest BCUT2D eigenvalue weighted by Crippen LogP contribution is 2.27. The molecule has 27 heavy (non-hydrogen) atoms. The number of pyridine rings is 2. The van der Waals surface area contributed by atoms with Crippen LogP contribution < -0.4 is 0 Å². The number of aromatic nitrogens is 2. The van der Waals surface area contributed by atoms with Crippen molar-refractivity contribution in [2.24, 2.45) is 0 Å². The van der Waals surface area contributed by atoms with Gasteiger partial charge in [-0.15, -0.1) is 0 Å². The normalized spacial score (nSPS) is 17.7. The molecule has 4 rings (SSSR count). The van der Waals surface area contributed by atoms with Gasteiger partial charge >= 0.3 is 0 Å². The standard InChI is InChI=1S/C23H24FN3/c24-22-11-2-1-7-18(22)15-20-10-5-12-23(26-20)19-8-6-14-27(16-19)17-21-9-3-4-13-25-21/h1-5,7,9-13,19H,6,8,14-17H2/t19-/m0/s1. The number of piperidine rings is 1. The van der Waals surface area contributed by atoms with Gasteiger partial charge in [-0.05, 0) is 55.3 Å². The Morgan fingerprint density at radius 1 is 0.963 bits per heavy atom. The SMILES string of the molecule is Fc1ccccc1Cc1cccc([C@H]2CCCN(Cc3ccccn3)C2)n1. The number of hydrogen-bond acceptors (Lipinski definition) is 3. The van der Waals surface area contributed by atoms with Crippen LogP contribution in [-0.2, 0) is 13.0 Å². The Labute approximate surface area is 159 Å². The monoisotopic (exact) mass is 361 g/mol. The summed E-state index contributed by atoms with van der Waals surface area (Å²) in [7, 11) is 0. The lowest BCUT2D eigenvalue weighted by molar-refractivity contribution is 0.196. The molecule has 0 unspecified atom stereocenters. The predicted molar refractivity (Wildman–Crippen MR) is 105 cm³/mol. The second-order valence-corrected chi connectivity index (χ2v) is 7.22. The number of benzene rings is 1. The van der Waals surface area contributed by atoms with E-state index in [9.17, 15) is 4.39 Å². The molecule has 1 saturated heterocycles. The van der Waals surface area contributed by atoms with Crippen molar-refractivity contribution in [3.8, 4) is 0 Å². The van der Waals surface area contributed by atoms with Crippen molar-refractivity contribution in [1.82, 2.24) is 14.9 Å². The van der Waals surface area contributed by atoms with Crippen molar-refractivity contribution < 1.29 is 4.39 Å². The molecule has 0 spiro atoms. The molecule has 0 radical (unpaired) electrons. The van der Waals surface area contributed by atoms with E-state index < -0.39 is 0 Å². The third kappa shape index (κ3) is 4.58. The molecule has 3 aromatic rings. The zero-order valence-electron chi connectivity index (χ0n) is 15.4. The Balaban J connectivity index is 1.45. The van der Waals surface area contributed by atoms with Crippen LogP contribution in [-0.4, -0.2) is 28.0 Å². The van der Waals surface area contributed by atoms with Crippen molar-refractivity contribution in [2.75, 3.05) is 13.1 Å². The Hall–Kier alpha value is -2.59. The second-order valence-electron chi connectivity index (χ2n) is 7.22. The Morgan fingerprint density at radius 2 is 1.81 bits per heavy atom. The molecular formula is C23H24FN3. The van der Waals surface area contributed by atoms with Crippen LogP contribution in [0.4, 0.5) is 4.39 Å². The van der Waals surface area contributed by atoms with Gasteiger partial charge in [0.05, 0.1) is 5.69 Å². The van der Waals surface area contributed by atoms with Crippen LogP contribution in [0, 0.1) is 5.82 Å². The van der Waals surface area contributed by atoms with E-state index in [1.807, 2.05) is 36.5 Å². The highest BCUT2D eigenvalue weighted by atomic mass is 19.1. The molecule has 1 aromatic carbocycles. The minimum Gasteiger partial charge on any atom is -0.297 e. The fourth-order valence-electron chi connectivity index (χ4n) is 3.82. The first kappa shape index (κ1) is 17.8. The minimum absolute atomic E-state index is 0.163. The first-order valence-corrected chi connectivity index (χ1v) is 9.59. The van der Waals surface area contributed by atoms with E-state index >= 15 is 0 Å². The molecule has 0 saturated carbocycles. The minimum atomic E-state index is -0.163. The van der Waals surface area contributed by atoms with Crippen molar-refractivity contribution in [3.05, 3.63) is 95.3 Å². The van der Waals surface area contributed by atoms with Crippen molar-refractivity contribution in [3.63, 3.8) is 0 Å². The van der Waals surface area contributed by atoms with E-state index in [0.717, 1.165) is 49.6 Å². The third-order valence-corrected chi connectivity index (χ3v) is 5.19. The summed E-state index contributed by atoms with van der Waals surface area (Å²) in [4.78, 5) is 11.8. The van der Waals surface area contributed by atoms with Gasteiger partial charge < -0.3 is 0 Å². The molecule has 1 aliphatic rings. The van der Waals surface area contributed by atoms with Crippen LogP contribution >= 0.6 is 0 Å². The molecule has 0 amide bonds. The summed E-state index contributed by atoms with van der Waals surface area (Å²) in [6.07, 6.45) is 4.70. The summed E-state index contributed by atoms with van der Waals surface area (Å²) < 4.78 is 13.9. The maximum atomic E-state index is 13.9. The van der Waals surface area contributed by atoms with Crippen molar-refractivity contribution >= 4 is 0 Å². The van der Waals surface area contributed by atoms with Gasteiger partial charge in [0.2, 0.25) is 0 Å². The van der Waals surface area contributed by atoms with Gasteiger partial charge in [-0.2, -0.15) is 0 Å². The lowest BCUT2D eigenvalue weighted by atomic mass is 9.93. The molecule has 1 fully saturated rings. The Bertz CT molecular complexity index is 882. The fourth-order valence-corrected chi connectivity index (χ4v) is 3.82. The summed E-state index contributed by atoms with van der Waals surface area (Å²) in [5.74, 6) is 0.256. The molecule has 138 valence electrons. The van der Waals surface area contributed by atoms with Gasteiger partial charge in [-0.3, -0.25) is 14.9 Å². The van der Waals surface area contributed by atoms with E-state index in [1.54, 1.807) is 6.07 Å². The zero-order valence-corrected chi connectivity index (χ0v) is 15.4. The van der Waals surface area contributed by atoms with Crippen LogP contribution in [0.15, 0.2) is 66.9 Å². The summed E-state index contributed by atoms with van der Waals surface area (Å²) in [6, 6.07) is 19.2. The molecule has 4 heteroatoms. The summed E-state index contributed by atoms with van der Waals surface area (Å²) in [6.45, 7) is 2.97. The van der Waals surface area contributed by atoms with Gasteiger partial charge in [-0.1, -0.05) is 30.3 Å². The molecule has 0 bridgehead atoms. The quantitative estimate of drug-likeness (QED) is 0.666. The number of rotatable bonds is 5. The number of hydrogen-bond donors (Lipinski definition) is 0. The van der Waals surface area contributed by atoms with Gasteiger partial charge in [0.1, 0.15) is 5.82 Å². The first-order chi connectivity index (χ1) is 13.3. The Morgan fingerprint density at radius 3 is 2.67 bits per heavy atom. The maximum Gasteiger partial charge on any atom is 0.126 e. The summed E-state index contributed by atoms with van der Waals surface area (Å²) in [5, 5.41) is 0. The van der Waals surface area contributed by atoms with Crippen LogP contribution in [0.5, 0.6) is 0 Å². The van der Waals surface area contributed by atoms with E-state index in [-0.39, 0.29) is 5.82 Å². The largest absolute Gasteiger partial charge is 0.297 e. The molecule has 3 heterocycles. The predicted octanol–water partition coefficient (Wildman–Crippen LogP) is 4.59. The van der Waals surface area contributed by atoms with Gasteiger partial charge in [0.15, 0.2) is 0 Å². The number of halogens is 1. The van der Waals surface area contributed by atoms with E-state index in [2.05, 4.69) is 28.1 Å². The van der Waals surface area contributed by atoms with E-state index in [1.165, 1.54) is 6.07 Å². The van der Waals surface area contributed by atoms with Crippen molar-refractivity contribution in [1.29, 1.82) is 0 Å². The molecule has 1 aliphatic heterocycles. The van der Waals surface area contributed by atoms with Crippen LogP contribution in [0.2, 0.25) is 0 Å². The topological polar surface area (TPSA) is 29.0 Å². The van der Waals surface area contributed by atoms with Crippen LogP contribution in [0.25, 0.3) is 0 Å². The lowest BCUT2D eigenvalue weighted by Crippen LogP contribution is -2.34. The molecule has 2 aromatic heterocycles. The molecule has 1 atom stereocenters. The van der Waals surface area contributed by atoms with Gasteiger partial charge in [0, 0.05) is 43.0 Å². The van der Waals surface area contributed by atoms with E-state index in [0.29, 0.717) is 17.9 Å². The number of nitrogens with zero attached hydrogens (tertiary/aromatic N) is 3. The fraction of sp³-hybridized carbons (Fsp3) is 0.304.